The van der Waals surface area contributed by atoms with E-state index in [9.17, 15) is 0 Å². The number of thiophene rings is 1. The lowest BCUT2D eigenvalue weighted by atomic mass is 10.5. The van der Waals surface area contributed by atoms with Gasteiger partial charge in [-0.05, 0) is 12.1 Å². The van der Waals surface area contributed by atoms with Crippen molar-refractivity contribution in [2.24, 2.45) is 0 Å². The first-order chi connectivity index (χ1) is 6.79. The SMILES string of the molecule is Clc1ccc(-c2nnc(CCBr)o2)s1. The van der Waals surface area contributed by atoms with Gasteiger partial charge in [0.1, 0.15) is 0 Å². The maximum atomic E-state index is 5.80. The number of nitrogens with zero attached hydrogens (tertiary/aromatic N) is 2. The average Bonchev–Trinajstić information content (AvgIpc) is 2.74. The molecule has 0 aromatic carbocycles. The van der Waals surface area contributed by atoms with E-state index in [1.54, 1.807) is 0 Å². The van der Waals surface area contributed by atoms with Crippen molar-refractivity contribution in [3.8, 4) is 10.8 Å². The van der Waals surface area contributed by atoms with E-state index in [1.807, 2.05) is 12.1 Å². The van der Waals surface area contributed by atoms with E-state index in [0.29, 0.717) is 11.8 Å². The maximum absolute atomic E-state index is 5.80. The third kappa shape index (κ3) is 2.16. The standard InChI is InChI=1S/C8H6BrClN2OS/c9-4-3-7-11-12-8(13-7)5-1-2-6(10)14-5/h1-2H,3-4H2. The molecule has 0 atom stereocenters. The van der Waals surface area contributed by atoms with Gasteiger partial charge >= 0.3 is 0 Å². The fourth-order valence-electron chi connectivity index (χ4n) is 0.964. The lowest BCUT2D eigenvalue weighted by molar-refractivity contribution is 0.515. The van der Waals surface area contributed by atoms with Gasteiger partial charge in [-0.3, -0.25) is 0 Å². The lowest BCUT2D eigenvalue weighted by Crippen LogP contribution is -1.83. The zero-order valence-corrected chi connectivity index (χ0v) is 10.2. The van der Waals surface area contributed by atoms with Gasteiger partial charge in [-0.15, -0.1) is 21.5 Å². The molecule has 2 aromatic rings. The van der Waals surface area contributed by atoms with Crippen LogP contribution in [0.5, 0.6) is 0 Å². The minimum Gasteiger partial charge on any atom is -0.420 e. The highest BCUT2D eigenvalue weighted by Crippen LogP contribution is 2.29. The molecule has 3 nitrogen and oxygen atoms in total. The highest BCUT2D eigenvalue weighted by molar-refractivity contribution is 9.09. The van der Waals surface area contributed by atoms with Gasteiger partial charge in [-0.1, -0.05) is 27.5 Å². The molecule has 0 fully saturated rings. The Morgan fingerprint density at radius 2 is 2.29 bits per heavy atom. The summed E-state index contributed by atoms with van der Waals surface area (Å²) < 4.78 is 6.15. The number of hydrogen-bond donors (Lipinski definition) is 0. The zero-order chi connectivity index (χ0) is 9.97. The van der Waals surface area contributed by atoms with Crippen LogP contribution in [-0.4, -0.2) is 15.5 Å². The number of halogens is 2. The number of aryl methyl sites for hydroxylation is 1. The van der Waals surface area contributed by atoms with Gasteiger partial charge in [0, 0.05) is 11.8 Å². The largest absolute Gasteiger partial charge is 0.420 e. The zero-order valence-electron chi connectivity index (χ0n) is 7.04. The number of rotatable bonds is 3. The minimum absolute atomic E-state index is 0.540. The van der Waals surface area contributed by atoms with Gasteiger partial charge in [0.2, 0.25) is 5.89 Å². The van der Waals surface area contributed by atoms with Crippen LogP contribution in [0.25, 0.3) is 10.8 Å². The van der Waals surface area contributed by atoms with Crippen molar-refractivity contribution in [1.29, 1.82) is 0 Å². The molecule has 74 valence electrons. The molecular formula is C8H6BrClN2OS. The molecular weight excluding hydrogens is 288 g/mol. The molecule has 0 aliphatic heterocycles. The van der Waals surface area contributed by atoms with Crippen LogP contribution in [-0.2, 0) is 6.42 Å². The Balaban J connectivity index is 2.24. The van der Waals surface area contributed by atoms with Crippen LogP contribution in [0.4, 0.5) is 0 Å². The third-order valence-electron chi connectivity index (χ3n) is 1.56. The van der Waals surface area contributed by atoms with Gasteiger partial charge in [0.25, 0.3) is 5.89 Å². The fraction of sp³-hybridized carbons (Fsp3) is 0.250. The summed E-state index contributed by atoms with van der Waals surface area (Å²) in [5.74, 6) is 1.18. The first kappa shape index (κ1) is 10.1. The van der Waals surface area contributed by atoms with E-state index < -0.39 is 0 Å². The third-order valence-corrected chi connectivity index (χ3v) is 3.17. The molecule has 0 amide bonds. The van der Waals surface area contributed by atoms with E-state index in [2.05, 4.69) is 26.1 Å². The Kier molecular flexibility index (Phi) is 3.20. The summed E-state index contributed by atoms with van der Waals surface area (Å²) in [7, 11) is 0. The van der Waals surface area contributed by atoms with E-state index in [4.69, 9.17) is 16.0 Å². The lowest BCUT2D eigenvalue weighted by Gasteiger charge is -1.86. The molecule has 0 unspecified atom stereocenters. The molecule has 0 saturated heterocycles. The van der Waals surface area contributed by atoms with Crippen LogP contribution in [0, 0.1) is 0 Å². The second kappa shape index (κ2) is 4.42. The second-order valence-corrected chi connectivity index (χ2v) is 5.05. The van der Waals surface area contributed by atoms with Crippen molar-refractivity contribution in [1.82, 2.24) is 10.2 Å². The minimum atomic E-state index is 0.540. The molecule has 2 heterocycles. The number of alkyl halides is 1. The van der Waals surface area contributed by atoms with Crippen LogP contribution < -0.4 is 0 Å². The quantitative estimate of drug-likeness (QED) is 0.814. The van der Waals surface area contributed by atoms with Crippen LogP contribution in [0.15, 0.2) is 16.5 Å². The van der Waals surface area contributed by atoms with Crippen molar-refractivity contribution >= 4 is 38.9 Å². The summed E-state index contributed by atoms with van der Waals surface area (Å²) in [6.45, 7) is 0. The summed E-state index contributed by atoms with van der Waals surface area (Å²) in [6.07, 6.45) is 0.742. The van der Waals surface area contributed by atoms with Gasteiger partial charge in [-0.25, -0.2) is 0 Å². The molecule has 2 rings (SSSR count). The van der Waals surface area contributed by atoms with Crippen LogP contribution in [0.3, 0.4) is 0 Å². The molecule has 2 aromatic heterocycles. The Hall–Kier alpha value is -0.390. The second-order valence-electron chi connectivity index (χ2n) is 2.54. The fourth-order valence-corrected chi connectivity index (χ4v) is 2.27. The summed E-state index contributed by atoms with van der Waals surface area (Å²) in [4.78, 5) is 0.906. The van der Waals surface area contributed by atoms with Crippen LogP contribution in [0.1, 0.15) is 5.89 Å². The van der Waals surface area contributed by atoms with Gasteiger partial charge in [0.05, 0.1) is 9.21 Å². The maximum Gasteiger partial charge on any atom is 0.257 e. The van der Waals surface area contributed by atoms with Crippen molar-refractivity contribution in [2.75, 3.05) is 5.33 Å². The van der Waals surface area contributed by atoms with Crippen molar-refractivity contribution in [3.05, 3.63) is 22.4 Å². The van der Waals surface area contributed by atoms with Crippen molar-refractivity contribution in [3.63, 3.8) is 0 Å². The topological polar surface area (TPSA) is 38.9 Å². The molecule has 6 heteroatoms. The van der Waals surface area contributed by atoms with Gasteiger partial charge < -0.3 is 4.42 Å². The van der Waals surface area contributed by atoms with E-state index in [0.717, 1.165) is 21.0 Å². The first-order valence-electron chi connectivity index (χ1n) is 3.93. The molecule has 0 radical (unpaired) electrons. The summed E-state index contributed by atoms with van der Waals surface area (Å²) in [5, 5.41) is 8.66. The predicted molar refractivity (Wildman–Crippen MR) is 60.1 cm³/mol. The highest BCUT2D eigenvalue weighted by atomic mass is 79.9. The Labute approximate surface area is 98.2 Å². The molecule has 0 aliphatic rings. The van der Waals surface area contributed by atoms with Crippen LogP contribution in [0.2, 0.25) is 4.34 Å². The number of aromatic nitrogens is 2. The predicted octanol–water partition coefficient (Wildman–Crippen LogP) is 3.39. The molecule has 14 heavy (non-hydrogen) atoms. The average molecular weight is 294 g/mol. The smallest absolute Gasteiger partial charge is 0.257 e. The van der Waals surface area contributed by atoms with Crippen molar-refractivity contribution < 1.29 is 4.42 Å². The molecule has 0 saturated carbocycles. The number of hydrogen-bond acceptors (Lipinski definition) is 4. The van der Waals surface area contributed by atoms with E-state index >= 15 is 0 Å². The molecule has 0 aliphatic carbocycles. The molecule has 0 bridgehead atoms. The molecule has 0 spiro atoms. The van der Waals surface area contributed by atoms with Crippen molar-refractivity contribution in [2.45, 2.75) is 6.42 Å². The van der Waals surface area contributed by atoms with E-state index in [-0.39, 0.29) is 0 Å². The normalized spacial score (nSPS) is 10.7. The summed E-state index contributed by atoms with van der Waals surface area (Å²) in [6, 6.07) is 3.69. The first-order valence-corrected chi connectivity index (χ1v) is 6.25. The summed E-state index contributed by atoms with van der Waals surface area (Å²) >= 11 is 10.5. The van der Waals surface area contributed by atoms with Gasteiger partial charge in [-0.2, -0.15) is 0 Å². The monoisotopic (exact) mass is 292 g/mol. The Bertz CT molecular complexity index is 428. The Morgan fingerprint density at radius 3 is 2.93 bits per heavy atom. The summed E-state index contributed by atoms with van der Waals surface area (Å²) in [5.41, 5.74) is 0. The highest BCUT2D eigenvalue weighted by Gasteiger charge is 2.09. The van der Waals surface area contributed by atoms with E-state index in [1.165, 1.54) is 11.3 Å². The van der Waals surface area contributed by atoms with Gasteiger partial charge in [0.15, 0.2) is 0 Å². The Morgan fingerprint density at radius 1 is 1.43 bits per heavy atom. The molecule has 0 N–H and O–H groups in total. The van der Waals surface area contributed by atoms with Crippen LogP contribution >= 0.6 is 38.9 Å².